The van der Waals surface area contributed by atoms with Gasteiger partial charge in [-0.05, 0) is 18.4 Å². The molecule has 4 rings (SSSR count). The van der Waals surface area contributed by atoms with Crippen molar-refractivity contribution in [3.05, 3.63) is 0 Å². The lowest BCUT2D eigenvalue weighted by Crippen LogP contribution is -2.50. The van der Waals surface area contributed by atoms with E-state index in [1.807, 2.05) is 0 Å². The molecule has 4 unspecified atom stereocenters. The minimum absolute atomic E-state index is 0.139. The van der Waals surface area contributed by atoms with Gasteiger partial charge in [-0.25, -0.2) is 0 Å². The Morgan fingerprint density at radius 3 is 1.93 bits per heavy atom. The summed E-state index contributed by atoms with van der Waals surface area (Å²) in [5.41, 5.74) is -0.506. The van der Waals surface area contributed by atoms with E-state index in [9.17, 15) is 9.90 Å². The molecule has 0 aliphatic carbocycles. The molecule has 0 spiro atoms. The largest absolute Gasteiger partial charge is 0.389 e. The molecule has 0 aromatic heterocycles. The number of piperazine rings is 1. The van der Waals surface area contributed by atoms with Crippen molar-refractivity contribution in [3.63, 3.8) is 0 Å². The van der Waals surface area contributed by atoms with Crippen LogP contribution in [0.4, 0.5) is 0 Å². The van der Waals surface area contributed by atoms with E-state index in [2.05, 4.69) is 21.4 Å². The van der Waals surface area contributed by atoms with Crippen molar-refractivity contribution in [1.82, 2.24) is 15.1 Å². The third kappa shape index (κ3) is 14.6. The van der Waals surface area contributed by atoms with E-state index in [4.69, 9.17) is 33.2 Å². The van der Waals surface area contributed by atoms with Crippen LogP contribution in [0.3, 0.4) is 0 Å². The zero-order chi connectivity index (χ0) is 28.8. The number of rotatable bonds is 25. The molecule has 41 heavy (non-hydrogen) atoms. The first kappa shape index (κ1) is 33.3. The highest BCUT2D eigenvalue weighted by atomic mass is 32.2. The molecule has 12 nitrogen and oxygen atoms in total. The number of hydrogen-bond donors (Lipinski definition) is 2. The van der Waals surface area contributed by atoms with Crippen molar-refractivity contribution in [2.45, 2.75) is 37.3 Å². The van der Waals surface area contributed by atoms with E-state index < -0.39 is 11.5 Å². The van der Waals surface area contributed by atoms with E-state index in [1.54, 1.807) is 11.8 Å². The van der Waals surface area contributed by atoms with Gasteiger partial charge < -0.3 is 43.6 Å². The van der Waals surface area contributed by atoms with Crippen LogP contribution in [0.15, 0.2) is 0 Å². The van der Waals surface area contributed by atoms with Crippen LogP contribution in [-0.4, -0.2) is 176 Å². The van der Waals surface area contributed by atoms with Crippen LogP contribution in [0.5, 0.6) is 0 Å². The van der Waals surface area contributed by atoms with Crippen molar-refractivity contribution in [3.8, 4) is 0 Å². The zero-order valence-corrected chi connectivity index (χ0v) is 25.5. The Kier molecular flexibility index (Phi) is 14.9. The lowest BCUT2D eigenvalue weighted by Gasteiger charge is -2.36. The molecule has 1 amide bonds. The van der Waals surface area contributed by atoms with Gasteiger partial charge in [-0.15, -0.1) is 0 Å². The summed E-state index contributed by atoms with van der Waals surface area (Å²) in [7, 11) is 0. The number of nitrogens with zero attached hydrogens (tertiary/aromatic N) is 2. The predicted octanol–water partition coefficient (Wildman–Crippen LogP) is -0.526. The van der Waals surface area contributed by atoms with Crippen molar-refractivity contribution >= 4 is 17.7 Å². The Balaban J connectivity index is 1.13. The second-order valence-electron chi connectivity index (χ2n) is 11.7. The number of nitrogens with one attached hydrogen (secondary N) is 1. The molecule has 4 saturated heterocycles. The fourth-order valence-electron chi connectivity index (χ4n) is 4.74. The molecular formula is C28H51N3O9S. The Morgan fingerprint density at radius 2 is 1.41 bits per heavy atom. The Labute approximate surface area is 249 Å². The van der Waals surface area contributed by atoms with Crippen LogP contribution in [0.25, 0.3) is 0 Å². The summed E-state index contributed by atoms with van der Waals surface area (Å²) in [6.45, 7) is 11.4. The molecular weight excluding hydrogens is 554 g/mol. The van der Waals surface area contributed by atoms with Gasteiger partial charge in [0.2, 0.25) is 5.91 Å². The molecule has 0 saturated carbocycles. The molecule has 4 aliphatic rings. The zero-order valence-electron chi connectivity index (χ0n) is 24.7. The summed E-state index contributed by atoms with van der Waals surface area (Å²) in [5.74, 6) is 1.16. The number of carbonyl (C=O) groups excluding carboxylic acids is 1. The van der Waals surface area contributed by atoms with Crippen molar-refractivity contribution in [1.29, 1.82) is 0 Å². The number of aliphatic hydroxyl groups is 1. The molecule has 4 fully saturated rings. The number of aliphatic hydroxyl groups excluding tert-OH is 1. The molecule has 0 bridgehead atoms. The maximum absolute atomic E-state index is 11.9. The van der Waals surface area contributed by atoms with Crippen molar-refractivity contribution in [2.24, 2.45) is 5.41 Å². The summed E-state index contributed by atoms with van der Waals surface area (Å²) in [6, 6.07) is 0. The number of hydrogen-bond acceptors (Lipinski definition) is 12. The summed E-state index contributed by atoms with van der Waals surface area (Å²) in [4.78, 5) is 16.5. The van der Waals surface area contributed by atoms with Crippen LogP contribution in [0, 0.1) is 5.41 Å². The van der Waals surface area contributed by atoms with Crippen LogP contribution >= 0.6 is 11.8 Å². The maximum atomic E-state index is 11.9. The van der Waals surface area contributed by atoms with Gasteiger partial charge in [0.05, 0.1) is 84.2 Å². The number of β-amino-alcohol motifs (C(OH)–C–C–N with tert-alkyl or cyclic N) is 1. The average Bonchev–Trinajstić information content (AvgIpc) is 3.79. The smallest absolute Gasteiger partial charge is 0.220 e. The lowest BCUT2D eigenvalue weighted by molar-refractivity contribution is -0.121. The van der Waals surface area contributed by atoms with Gasteiger partial charge in [-0.1, -0.05) is 0 Å². The number of thioether (sulfide) groups is 1. The van der Waals surface area contributed by atoms with Crippen LogP contribution in [0.1, 0.15) is 12.8 Å². The maximum Gasteiger partial charge on any atom is 0.220 e. The number of amides is 1. The minimum Gasteiger partial charge on any atom is -0.389 e. The summed E-state index contributed by atoms with van der Waals surface area (Å²) < 4.78 is 39.9. The predicted molar refractivity (Wildman–Crippen MR) is 154 cm³/mol. The van der Waals surface area contributed by atoms with Crippen molar-refractivity contribution in [2.75, 3.05) is 130 Å². The van der Waals surface area contributed by atoms with Crippen molar-refractivity contribution < 1.29 is 43.1 Å². The van der Waals surface area contributed by atoms with Crippen LogP contribution in [-0.2, 0) is 38.0 Å². The summed E-state index contributed by atoms with van der Waals surface area (Å²) in [6.07, 6.45) is 3.51. The molecule has 238 valence electrons. The van der Waals surface area contributed by atoms with Gasteiger partial charge in [0.15, 0.2) is 0 Å². The highest BCUT2D eigenvalue weighted by Gasteiger charge is 2.36. The second kappa shape index (κ2) is 18.3. The van der Waals surface area contributed by atoms with E-state index in [0.717, 1.165) is 64.7 Å². The van der Waals surface area contributed by atoms with Crippen LogP contribution in [0.2, 0.25) is 0 Å². The Bertz CT molecular complexity index is 689. The fraction of sp³-hybridized carbons (Fsp3) is 0.964. The van der Waals surface area contributed by atoms with E-state index in [1.165, 1.54) is 0 Å². The highest BCUT2D eigenvalue weighted by molar-refractivity contribution is 7.98. The monoisotopic (exact) mass is 605 g/mol. The molecule has 0 aromatic rings. The number of ether oxygens (including phenoxy) is 7. The average molecular weight is 606 g/mol. The molecule has 2 N–H and O–H groups in total. The molecule has 4 heterocycles. The molecule has 4 aliphatic heterocycles. The van der Waals surface area contributed by atoms with Gasteiger partial charge in [0.1, 0.15) is 18.3 Å². The number of epoxide rings is 3. The molecule has 4 atom stereocenters. The minimum atomic E-state index is -0.595. The van der Waals surface area contributed by atoms with Gasteiger partial charge in [0.25, 0.3) is 0 Å². The molecule has 13 heteroatoms. The molecule has 0 radical (unpaired) electrons. The topological polar surface area (TPSA) is 130 Å². The normalized spacial score (nSPS) is 26.4. The first-order valence-electron chi connectivity index (χ1n) is 15.1. The number of carbonyl (C=O) groups is 1. The fourth-order valence-corrected chi connectivity index (χ4v) is 5.17. The second-order valence-corrected chi connectivity index (χ2v) is 12.7. The van der Waals surface area contributed by atoms with Gasteiger partial charge in [-0.3, -0.25) is 14.6 Å². The van der Waals surface area contributed by atoms with Gasteiger partial charge in [0, 0.05) is 52.2 Å². The first-order chi connectivity index (χ1) is 20.0. The lowest BCUT2D eigenvalue weighted by atomic mass is 9.92. The highest BCUT2D eigenvalue weighted by Crippen LogP contribution is 2.24. The SMILES string of the molecule is CSCCCC(=O)NCCN1CCN(CC(O)COCC(COCC2CO2)(COCC2CO2)COCC2CO2)CC1. The standard InChI is InChI=1S/C28H51N3O9S/c1-41-10-2-3-27(33)29-4-5-30-6-8-31(9-7-30)11-23(32)12-34-19-28(20-35-13-24-16-38-24,21-36-14-25-17-39-25)22-37-15-26-18-40-26/h23-26,32H,2-22H2,1H3,(H,29,33). The quantitative estimate of drug-likeness (QED) is 0.103. The van der Waals surface area contributed by atoms with E-state index in [0.29, 0.717) is 65.8 Å². The van der Waals surface area contributed by atoms with E-state index >= 15 is 0 Å². The Morgan fingerprint density at radius 1 is 0.902 bits per heavy atom. The third-order valence-electron chi connectivity index (χ3n) is 7.50. The molecule has 0 aromatic carbocycles. The van der Waals surface area contributed by atoms with Gasteiger partial charge in [-0.2, -0.15) is 11.8 Å². The Hall–Kier alpha value is -0.580. The van der Waals surface area contributed by atoms with Crippen LogP contribution < -0.4 is 5.32 Å². The van der Waals surface area contributed by atoms with E-state index in [-0.39, 0.29) is 30.8 Å². The third-order valence-corrected chi connectivity index (χ3v) is 8.19. The first-order valence-corrected chi connectivity index (χ1v) is 16.5. The summed E-state index contributed by atoms with van der Waals surface area (Å²) >= 11 is 1.77. The van der Waals surface area contributed by atoms with Gasteiger partial charge >= 0.3 is 0 Å². The summed E-state index contributed by atoms with van der Waals surface area (Å²) in [5, 5.41) is 13.8.